The van der Waals surface area contributed by atoms with Gasteiger partial charge in [-0.1, -0.05) is 0 Å². The third kappa shape index (κ3) is 3.73. The third-order valence-electron chi connectivity index (χ3n) is 9.87. The molecule has 0 N–H and O–H groups in total. The number of allylic oxidation sites excluding steroid dienone is 5. The van der Waals surface area contributed by atoms with Crippen molar-refractivity contribution in [1.29, 1.82) is 0 Å². The molecular weight excluding hydrogens is 551 g/mol. The second-order valence-electron chi connectivity index (χ2n) is 11.3. The number of unbranched alkanes of at least 4 members (excludes halogenated alkanes) is 2. The van der Waals surface area contributed by atoms with Crippen molar-refractivity contribution >= 4 is 6.08 Å². The number of hydrogen-bond donors (Lipinski definition) is 0. The van der Waals surface area contributed by atoms with E-state index in [4.69, 9.17) is 0 Å². The zero-order valence-corrected chi connectivity index (χ0v) is 25.6. The van der Waals surface area contributed by atoms with Crippen LogP contribution in [0.1, 0.15) is 116 Å². The Balaban J connectivity index is 1.77. The predicted octanol–water partition coefficient (Wildman–Crippen LogP) is 9.34. The average Bonchev–Trinajstić information content (AvgIpc) is 3.37. The molecule has 0 amide bonds. The maximum atomic E-state index is 2.72. The van der Waals surface area contributed by atoms with E-state index in [1.54, 1.807) is 44.5 Å². The summed E-state index contributed by atoms with van der Waals surface area (Å²) in [5.41, 5.74) is 13.7. The van der Waals surface area contributed by atoms with Crippen molar-refractivity contribution in [2.45, 2.75) is 113 Å². The molecule has 1 aromatic carbocycles. The molecule has 1 heteroatoms. The van der Waals surface area contributed by atoms with Crippen molar-refractivity contribution in [3.8, 4) is 0 Å². The van der Waals surface area contributed by atoms with Crippen molar-refractivity contribution < 1.29 is 22.9 Å². The summed E-state index contributed by atoms with van der Waals surface area (Å²) in [5, 5.41) is 0. The molecule has 0 saturated heterocycles. The van der Waals surface area contributed by atoms with E-state index in [0.29, 0.717) is 11.8 Å². The third-order valence-corrected chi connectivity index (χ3v) is 18.4. The molecule has 3 aliphatic rings. The molecule has 0 spiro atoms. The van der Waals surface area contributed by atoms with Gasteiger partial charge in [0.2, 0.25) is 0 Å². The van der Waals surface area contributed by atoms with E-state index in [1.165, 1.54) is 51.4 Å². The van der Waals surface area contributed by atoms with E-state index in [9.17, 15) is 0 Å². The second-order valence-corrected chi connectivity index (χ2v) is 19.0. The Morgan fingerprint density at radius 2 is 1.44 bits per heavy atom. The first kappa shape index (κ1) is 24.4. The van der Waals surface area contributed by atoms with Crippen LogP contribution in [0.5, 0.6) is 0 Å². The van der Waals surface area contributed by atoms with Gasteiger partial charge in [0, 0.05) is 0 Å². The van der Waals surface area contributed by atoms with Crippen LogP contribution in [-0.4, -0.2) is 0 Å². The molecule has 172 valence electrons. The van der Waals surface area contributed by atoms with Gasteiger partial charge in [-0.3, -0.25) is 0 Å². The quantitative estimate of drug-likeness (QED) is 0.208. The molecule has 0 saturated carbocycles. The Hall–Kier alpha value is -0.690. The first-order valence-electron chi connectivity index (χ1n) is 13.2. The van der Waals surface area contributed by atoms with Crippen LogP contribution in [0.25, 0.3) is 6.08 Å². The maximum absolute atomic E-state index is 2.72. The van der Waals surface area contributed by atoms with Crippen LogP contribution in [0, 0.1) is 5.41 Å². The van der Waals surface area contributed by atoms with Gasteiger partial charge in [-0.15, -0.1) is 0 Å². The van der Waals surface area contributed by atoms with Gasteiger partial charge in [0.15, 0.2) is 0 Å². The van der Waals surface area contributed by atoms with Crippen LogP contribution >= 0.6 is 0 Å². The van der Waals surface area contributed by atoms with Crippen molar-refractivity contribution in [1.82, 2.24) is 0 Å². The van der Waals surface area contributed by atoms with Crippen molar-refractivity contribution in [3.63, 3.8) is 0 Å². The van der Waals surface area contributed by atoms with Gasteiger partial charge in [-0.05, 0) is 0 Å². The van der Waals surface area contributed by atoms with Crippen LogP contribution in [-0.2, 0) is 38.9 Å². The Morgan fingerprint density at radius 1 is 0.844 bits per heavy atom. The van der Waals surface area contributed by atoms with E-state index in [1.807, 2.05) is 0 Å². The Kier molecular flexibility index (Phi) is 6.74. The minimum absolute atomic E-state index is 0.363. The predicted molar refractivity (Wildman–Crippen MR) is 137 cm³/mol. The molecule has 0 aromatic heterocycles. The molecular formula is C31H44Hf. The van der Waals surface area contributed by atoms with Gasteiger partial charge < -0.3 is 0 Å². The fraction of sp³-hybridized carbons (Fsp3) is 0.613. The second kappa shape index (κ2) is 8.83. The molecule has 4 rings (SSSR count). The van der Waals surface area contributed by atoms with Gasteiger partial charge in [0.25, 0.3) is 0 Å². The zero-order chi connectivity index (χ0) is 23.3. The molecule has 0 heterocycles. The molecule has 1 atom stereocenters. The number of benzene rings is 1. The monoisotopic (exact) mass is 596 g/mol. The van der Waals surface area contributed by atoms with E-state index in [2.05, 4.69) is 79.7 Å². The summed E-state index contributed by atoms with van der Waals surface area (Å²) in [5.74, 6) is 0. The van der Waals surface area contributed by atoms with Gasteiger partial charge in [-0.25, -0.2) is 0 Å². The van der Waals surface area contributed by atoms with E-state index >= 15 is 0 Å². The molecule has 0 bridgehead atoms. The molecule has 3 aliphatic carbocycles. The van der Waals surface area contributed by atoms with Crippen molar-refractivity contribution in [2.24, 2.45) is 5.41 Å². The summed E-state index contributed by atoms with van der Waals surface area (Å²) in [7, 11) is 0. The van der Waals surface area contributed by atoms with Crippen LogP contribution in [0.2, 0.25) is 3.17 Å². The standard InChI is InChI=1S/C21H29.C10H15.Hf/c1-4-7-8-9-16-10-11-17-12-18-14-21(5-2,6-3)15-19(18)13-20(16)17;1-6-7(2)9(4)10(5)8(6)3;/h10-13H,4-9,14-15H2,1-3H3;1-5H3;. The molecule has 0 aliphatic heterocycles. The van der Waals surface area contributed by atoms with Gasteiger partial charge in [-0.2, -0.15) is 0 Å². The number of fused-ring (bicyclic) bond motifs is 2. The first-order valence-corrected chi connectivity index (χ1v) is 16.8. The fourth-order valence-corrected chi connectivity index (χ4v) is 15.6. The molecule has 0 nitrogen and oxygen atoms in total. The van der Waals surface area contributed by atoms with Gasteiger partial charge >= 0.3 is 210 Å². The van der Waals surface area contributed by atoms with Crippen LogP contribution < -0.4 is 0 Å². The summed E-state index contributed by atoms with van der Waals surface area (Å²) < 4.78 is 0.729. The number of rotatable bonds is 8. The van der Waals surface area contributed by atoms with Crippen LogP contribution in [0.4, 0.5) is 0 Å². The topological polar surface area (TPSA) is 0 Å². The zero-order valence-electron chi connectivity index (χ0n) is 22.0. The van der Waals surface area contributed by atoms with Crippen LogP contribution in [0.3, 0.4) is 0 Å². The van der Waals surface area contributed by atoms with Gasteiger partial charge in [0.1, 0.15) is 0 Å². The fourth-order valence-electron chi connectivity index (χ4n) is 6.77. The first-order chi connectivity index (χ1) is 15.1. The van der Waals surface area contributed by atoms with Crippen molar-refractivity contribution in [3.05, 3.63) is 62.8 Å². The number of hydrogen-bond acceptors (Lipinski definition) is 0. The summed E-state index contributed by atoms with van der Waals surface area (Å²) >= 11 is -1.17. The average molecular weight is 595 g/mol. The molecule has 32 heavy (non-hydrogen) atoms. The molecule has 1 unspecified atom stereocenters. The Morgan fingerprint density at radius 3 is 2.00 bits per heavy atom. The minimum atomic E-state index is -1.17. The normalized spacial score (nSPS) is 25.0. The summed E-state index contributed by atoms with van der Waals surface area (Å²) in [6.45, 7) is 19.4. The summed E-state index contributed by atoms with van der Waals surface area (Å²) in [4.78, 5) is 0. The summed E-state index contributed by atoms with van der Waals surface area (Å²) in [6.07, 6.45) is 15.9. The molecule has 1 aromatic rings. The van der Waals surface area contributed by atoms with E-state index in [0.717, 1.165) is 0 Å². The Bertz CT molecular complexity index is 974. The Labute approximate surface area is 209 Å². The van der Waals surface area contributed by atoms with Gasteiger partial charge in [0.05, 0.1) is 0 Å². The van der Waals surface area contributed by atoms with Crippen molar-refractivity contribution in [2.75, 3.05) is 0 Å². The summed E-state index contributed by atoms with van der Waals surface area (Å²) in [6, 6.07) is 5.32. The van der Waals surface area contributed by atoms with E-state index in [-0.39, 0.29) is 0 Å². The SMILES string of the molecule is CCCCC[C]1([Hf][C]2(C)C(C)=C(C)C(C)=C2C)C=Cc2cc3c(cc21)CC(CC)(CC)C3. The molecule has 0 radical (unpaired) electrons. The van der Waals surface area contributed by atoms with E-state index < -0.39 is 22.9 Å². The van der Waals surface area contributed by atoms with Crippen LogP contribution in [0.15, 0.2) is 40.5 Å². The molecule has 0 fully saturated rings.